The SMILES string of the molecule is CC(C)C[C@H](N)C(=O)O.COC(=O)[C@@H](N)Cc1ccccc1.N[C@@H](Cc1ccccc1)C(=O)O. The number of hydrogen-bond acceptors (Lipinski definition) is 7. The Morgan fingerprint density at radius 2 is 1.12 bits per heavy atom. The first-order valence-corrected chi connectivity index (χ1v) is 10.9. The van der Waals surface area contributed by atoms with E-state index in [1.807, 2.05) is 74.5 Å². The molecule has 188 valence electrons. The maximum Gasteiger partial charge on any atom is 0.322 e. The molecule has 0 radical (unpaired) electrons. The number of carbonyl (C=O) groups is 3. The second kappa shape index (κ2) is 17.2. The van der Waals surface area contributed by atoms with Crippen LogP contribution < -0.4 is 17.2 Å². The number of aliphatic carboxylic acids is 2. The number of nitrogens with two attached hydrogens (primary N) is 3. The van der Waals surface area contributed by atoms with Gasteiger partial charge in [0.15, 0.2) is 0 Å². The van der Waals surface area contributed by atoms with Crippen molar-refractivity contribution >= 4 is 17.9 Å². The van der Waals surface area contributed by atoms with E-state index in [1.54, 1.807) is 0 Å². The van der Waals surface area contributed by atoms with Crippen LogP contribution in [0.4, 0.5) is 0 Å². The summed E-state index contributed by atoms with van der Waals surface area (Å²) in [5, 5.41) is 16.8. The van der Waals surface area contributed by atoms with Crippen molar-refractivity contribution in [3.05, 3.63) is 71.8 Å². The Bertz CT molecular complexity index is 846. The number of carboxylic acids is 2. The summed E-state index contributed by atoms with van der Waals surface area (Å²) < 4.78 is 4.52. The molecule has 3 atom stereocenters. The molecule has 0 heterocycles. The summed E-state index contributed by atoms with van der Waals surface area (Å²) in [6.45, 7) is 3.89. The zero-order valence-corrected chi connectivity index (χ0v) is 20.0. The van der Waals surface area contributed by atoms with E-state index in [4.69, 9.17) is 27.4 Å². The van der Waals surface area contributed by atoms with E-state index in [0.29, 0.717) is 25.2 Å². The second-order valence-corrected chi connectivity index (χ2v) is 8.03. The molecule has 2 aromatic carbocycles. The molecule has 0 aliphatic rings. The number of methoxy groups -OCH3 is 1. The third-order valence-corrected chi connectivity index (χ3v) is 4.46. The molecule has 0 saturated carbocycles. The van der Waals surface area contributed by atoms with Gasteiger partial charge in [0.1, 0.15) is 18.1 Å². The summed E-state index contributed by atoms with van der Waals surface area (Å²) in [5.41, 5.74) is 18.1. The maximum atomic E-state index is 11.0. The minimum atomic E-state index is -0.959. The molecule has 0 aliphatic heterocycles. The highest BCUT2D eigenvalue weighted by Crippen LogP contribution is 2.03. The molecule has 0 bridgehead atoms. The van der Waals surface area contributed by atoms with Gasteiger partial charge in [-0.3, -0.25) is 14.4 Å². The number of carbonyl (C=O) groups excluding carboxylic acids is 1. The van der Waals surface area contributed by atoms with Crippen molar-refractivity contribution in [2.75, 3.05) is 7.11 Å². The topological polar surface area (TPSA) is 179 Å². The monoisotopic (exact) mass is 475 g/mol. The van der Waals surface area contributed by atoms with Gasteiger partial charge in [0.05, 0.1) is 7.11 Å². The summed E-state index contributed by atoms with van der Waals surface area (Å²) in [4.78, 5) is 31.5. The van der Waals surface area contributed by atoms with Gasteiger partial charge in [-0.05, 0) is 36.3 Å². The van der Waals surface area contributed by atoms with Crippen molar-refractivity contribution in [2.24, 2.45) is 23.1 Å². The summed E-state index contributed by atoms with van der Waals surface area (Å²) in [7, 11) is 1.34. The fraction of sp³-hybridized carbons (Fsp3) is 0.400. The van der Waals surface area contributed by atoms with Gasteiger partial charge < -0.3 is 32.2 Å². The Balaban J connectivity index is 0.000000490. The van der Waals surface area contributed by atoms with Gasteiger partial charge in [0.2, 0.25) is 0 Å². The van der Waals surface area contributed by atoms with Crippen LogP contribution in [0.25, 0.3) is 0 Å². The Hall–Kier alpha value is -3.27. The zero-order valence-electron chi connectivity index (χ0n) is 20.0. The largest absolute Gasteiger partial charge is 0.480 e. The Kier molecular flexibility index (Phi) is 15.6. The quantitative estimate of drug-likeness (QED) is 0.338. The number of esters is 1. The lowest BCUT2D eigenvalue weighted by Crippen LogP contribution is -2.33. The van der Waals surface area contributed by atoms with Crippen LogP contribution in [0.15, 0.2) is 60.7 Å². The van der Waals surface area contributed by atoms with Crippen LogP contribution in [0.5, 0.6) is 0 Å². The normalized spacial score (nSPS) is 12.7. The first-order chi connectivity index (χ1) is 16.0. The summed E-state index contributed by atoms with van der Waals surface area (Å²) in [6, 6.07) is 16.9. The molecule has 2 rings (SSSR count). The van der Waals surface area contributed by atoms with Crippen LogP contribution in [0.2, 0.25) is 0 Å². The lowest BCUT2D eigenvalue weighted by atomic mass is 10.1. The van der Waals surface area contributed by atoms with Crippen molar-refractivity contribution in [2.45, 2.75) is 51.2 Å². The maximum absolute atomic E-state index is 11.0. The van der Waals surface area contributed by atoms with Gasteiger partial charge in [0, 0.05) is 0 Å². The van der Waals surface area contributed by atoms with Crippen molar-refractivity contribution in [1.29, 1.82) is 0 Å². The fourth-order valence-corrected chi connectivity index (χ4v) is 2.67. The van der Waals surface area contributed by atoms with Gasteiger partial charge in [-0.25, -0.2) is 0 Å². The van der Waals surface area contributed by atoms with Gasteiger partial charge in [-0.15, -0.1) is 0 Å². The standard InChI is InChI=1S/C10H13NO2.C9H11NO2.C6H13NO2/c1-13-10(12)9(11)7-8-5-3-2-4-6-8;10-8(9(11)12)6-7-4-2-1-3-5-7;1-4(2)3-5(7)6(8)9/h2-6,9H,7,11H2,1H3;1-5,8H,6,10H2,(H,11,12);4-5H,3,7H2,1-2H3,(H,8,9)/t9-;8-;5-/m000/s1. The van der Waals surface area contributed by atoms with E-state index in [1.165, 1.54) is 7.11 Å². The van der Waals surface area contributed by atoms with E-state index in [9.17, 15) is 14.4 Å². The molecule has 9 heteroatoms. The highest BCUT2D eigenvalue weighted by molar-refractivity contribution is 5.75. The van der Waals surface area contributed by atoms with E-state index in [2.05, 4.69) is 4.74 Å². The molecular weight excluding hydrogens is 438 g/mol. The molecule has 8 N–H and O–H groups in total. The lowest BCUT2D eigenvalue weighted by molar-refractivity contribution is -0.142. The smallest absolute Gasteiger partial charge is 0.322 e. The van der Waals surface area contributed by atoms with Crippen LogP contribution in [-0.2, 0) is 32.0 Å². The number of ether oxygens (including phenoxy) is 1. The predicted octanol–water partition coefficient (Wildman–Crippen LogP) is 1.81. The van der Waals surface area contributed by atoms with Gasteiger partial charge in [-0.1, -0.05) is 74.5 Å². The number of benzene rings is 2. The van der Waals surface area contributed by atoms with E-state index >= 15 is 0 Å². The molecule has 0 saturated heterocycles. The lowest BCUT2D eigenvalue weighted by Gasteiger charge is -2.08. The third-order valence-electron chi connectivity index (χ3n) is 4.46. The van der Waals surface area contributed by atoms with Crippen LogP contribution in [0.3, 0.4) is 0 Å². The Morgan fingerprint density at radius 3 is 1.41 bits per heavy atom. The number of hydrogen-bond donors (Lipinski definition) is 5. The molecular formula is C25H37N3O6. The second-order valence-electron chi connectivity index (χ2n) is 8.03. The van der Waals surface area contributed by atoms with Crippen LogP contribution in [-0.4, -0.2) is 53.4 Å². The Morgan fingerprint density at radius 1 is 0.735 bits per heavy atom. The Labute approximate surface area is 200 Å². The van der Waals surface area contributed by atoms with Crippen molar-refractivity contribution < 1.29 is 29.3 Å². The van der Waals surface area contributed by atoms with Crippen LogP contribution in [0, 0.1) is 5.92 Å². The van der Waals surface area contributed by atoms with Gasteiger partial charge in [0.25, 0.3) is 0 Å². The van der Waals surface area contributed by atoms with Crippen LogP contribution >= 0.6 is 0 Å². The molecule has 9 nitrogen and oxygen atoms in total. The average molecular weight is 476 g/mol. The van der Waals surface area contributed by atoms with E-state index < -0.39 is 30.1 Å². The molecule has 0 fully saturated rings. The van der Waals surface area contributed by atoms with Crippen molar-refractivity contribution in [3.8, 4) is 0 Å². The molecule has 2 aromatic rings. The molecule has 0 aromatic heterocycles. The number of rotatable bonds is 9. The fourth-order valence-electron chi connectivity index (χ4n) is 2.67. The highest BCUT2D eigenvalue weighted by Gasteiger charge is 2.14. The van der Waals surface area contributed by atoms with Crippen molar-refractivity contribution in [3.63, 3.8) is 0 Å². The highest BCUT2D eigenvalue weighted by atomic mass is 16.5. The first kappa shape index (κ1) is 30.7. The summed E-state index contributed by atoms with van der Waals surface area (Å²) >= 11 is 0. The van der Waals surface area contributed by atoms with Gasteiger partial charge >= 0.3 is 17.9 Å². The first-order valence-electron chi connectivity index (χ1n) is 10.9. The third kappa shape index (κ3) is 14.7. The summed E-state index contributed by atoms with van der Waals surface area (Å²) in [5.74, 6) is -1.89. The minimum Gasteiger partial charge on any atom is -0.480 e. The van der Waals surface area contributed by atoms with Gasteiger partial charge in [-0.2, -0.15) is 0 Å². The van der Waals surface area contributed by atoms with Crippen molar-refractivity contribution in [1.82, 2.24) is 0 Å². The van der Waals surface area contributed by atoms with E-state index in [0.717, 1.165) is 11.1 Å². The predicted molar refractivity (Wildman–Crippen MR) is 131 cm³/mol. The van der Waals surface area contributed by atoms with Crippen LogP contribution in [0.1, 0.15) is 31.4 Å². The summed E-state index contributed by atoms with van der Waals surface area (Å²) in [6.07, 6.45) is 1.46. The minimum absolute atomic E-state index is 0.357. The van der Waals surface area contributed by atoms with E-state index in [-0.39, 0.29) is 5.97 Å². The molecule has 0 amide bonds. The molecule has 34 heavy (non-hydrogen) atoms. The number of carboxylic acid groups (broad SMARTS) is 2. The zero-order chi connectivity index (χ0) is 26.1. The average Bonchev–Trinajstić information content (AvgIpc) is 2.80. The molecule has 0 aliphatic carbocycles. The molecule has 0 unspecified atom stereocenters. The molecule has 0 spiro atoms.